The Labute approximate surface area is 161 Å². The highest BCUT2D eigenvalue weighted by Gasteiger charge is 2.19. The Bertz CT molecular complexity index is 451. The van der Waals surface area contributed by atoms with Crippen molar-refractivity contribution >= 4 is 16.2 Å². The highest BCUT2D eigenvalue weighted by atomic mass is 32.3. The molecule has 0 aliphatic rings. The van der Waals surface area contributed by atoms with Crippen LogP contribution in [0.1, 0.15) is 111 Å². The van der Waals surface area contributed by atoms with Crippen molar-refractivity contribution in [3.8, 4) is 0 Å². The molecule has 0 aliphatic carbocycles. The zero-order valence-electron chi connectivity index (χ0n) is 17.1. The Hall–Kier alpha value is -0.460. The molecule has 0 radical (unpaired) electrons. The van der Waals surface area contributed by atoms with Gasteiger partial charge in [0.15, 0.2) is 0 Å². The van der Waals surface area contributed by atoms with E-state index in [1.807, 2.05) is 20.8 Å². The van der Waals surface area contributed by atoms with Gasteiger partial charge in [0.25, 0.3) is 0 Å². The van der Waals surface area contributed by atoms with Gasteiger partial charge in [-0.3, -0.25) is 9.35 Å². The highest BCUT2D eigenvalue weighted by molar-refractivity contribution is 7.80. The largest absolute Gasteiger partial charge is 0.397 e. The lowest BCUT2D eigenvalue weighted by Crippen LogP contribution is -2.19. The molecule has 0 atom stereocenters. The van der Waals surface area contributed by atoms with Crippen molar-refractivity contribution in [3.63, 3.8) is 0 Å². The van der Waals surface area contributed by atoms with Crippen LogP contribution >= 0.6 is 0 Å². The maximum absolute atomic E-state index is 11.8. The van der Waals surface area contributed by atoms with Gasteiger partial charge in [-0.25, -0.2) is 4.18 Å². The average molecular weight is 393 g/mol. The second-order valence-electron chi connectivity index (χ2n) is 8.27. The monoisotopic (exact) mass is 392 g/mol. The number of Topliss-reactive ketones (excluding diaryl/α,β-unsaturated/α-hetero) is 1. The fraction of sp³-hybridized carbons (Fsp3) is 0.950. The van der Waals surface area contributed by atoms with E-state index in [1.54, 1.807) is 0 Å². The number of unbranched alkanes of at least 4 members (excludes halogenated alkanes) is 12. The van der Waals surface area contributed by atoms with E-state index in [9.17, 15) is 13.2 Å². The molecule has 0 saturated heterocycles. The quantitative estimate of drug-likeness (QED) is 0.247. The van der Waals surface area contributed by atoms with Gasteiger partial charge in [0.05, 0.1) is 6.61 Å². The number of ketones is 1. The van der Waals surface area contributed by atoms with Gasteiger partial charge >= 0.3 is 10.4 Å². The van der Waals surface area contributed by atoms with Gasteiger partial charge in [-0.1, -0.05) is 91.4 Å². The Morgan fingerprint density at radius 2 is 1.08 bits per heavy atom. The predicted molar refractivity (Wildman–Crippen MR) is 107 cm³/mol. The molecule has 0 aliphatic heterocycles. The topological polar surface area (TPSA) is 80.7 Å². The summed E-state index contributed by atoms with van der Waals surface area (Å²) in [6.07, 6.45) is 15.7. The van der Waals surface area contributed by atoms with Crippen molar-refractivity contribution in [2.75, 3.05) is 6.61 Å². The third kappa shape index (κ3) is 18.3. The molecule has 5 nitrogen and oxygen atoms in total. The molecule has 156 valence electrons. The Balaban J connectivity index is 3.19. The summed E-state index contributed by atoms with van der Waals surface area (Å²) in [6, 6.07) is 0. The molecule has 6 heteroatoms. The first-order valence-corrected chi connectivity index (χ1v) is 11.6. The van der Waals surface area contributed by atoms with Crippen molar-refractivity contribution in [1.82, 2.24) is 0 Å². The van der Waals surface area contributed by atoms with Crippen molar-refractivity contribution in [3.05, 3.63) is 0 Å². The van der Waals surface area contributed by atoms with E-state index < -0.39 is 10.4 Å². The molecule has 0 bridgehead atoms. The molecule has 26 heavy (non-hydrogen) atoms. The van der Waals surface area contributed by atoms with Gasteiger partial charge in [0, 0.05) is 11.8 Å². The summed E-state index contributed by atoms with van der Waals surface area (Å²) in [5.41, 5.74) is -0.187. The maximum Gasteiger partial charge on any atom is 0.397 e. The van der Waals surface area contributed by atoms with Crippen LogP contribution in [-0.2, 0) is 19.4 Å². The zero-order valence-corrected chi connectivity index (χ0v) is 17.9. The van der Waals surface area contributed by atoms with Gasteiger partial charge < -0.3 is 0 Å². The second-order valence-corrected chi connectivity index (χ2v) is 9.36. The molecule has 0 rings (SSSR count). The van der Waals surface area contributed by atoms with E-state index >= 15 is 0 Å². The Kier molecular flexibility index (Phi) is 14.3. The van der Waals surface area contributed by atoms with Crippen LogP contribution in [0.25, 0.3) is 0 Å². The third-order valence-electron chi connectivity index (χ3n) is 4.62. The van der Waals surface area contributed by atoms with Gasteiger partial charge in [-0.15, -0.1) is 0 Å². The molecule has 0 saturated carbocycles. The fourth-order valence-electron chi connectivity index (χ4n) is 2.87. The fourth-order valence-corrected chi connectivity index (χ4v) is 3.20. The lowest BCUT2D eigenvalue weighted by Gasteiger charge is -2.16. The summed E-state index contributed by atoms with van der Waals surface area (Å²) in [4.78, 5) is 11.8. The Morgan fingerprint density at radius 3 is 1.42 bits per heavy atom. The lowest BCUT2D eigenvalue weighted by molar-refractivity contribution is -0.126. The third-order valence-corrected chi connectivity index (χ3v) is 5.08. The minimum Gasteiger partial charge on any atom is -0.299 e. The molecule has 0 aromatic carbocycles. The van der Waals surface area contributed by atoms with Crippen LogP contribution in [0.3, 0.4) is 0 Å². The number of hydrogen-bond acceptors (Lipinski definition) is 4. The number of carbonyl (C=O) groups is 1. The van der Waals surface area contributed by atoms with E-state index in [2.05, 4.69) is 4.18 Å². The molecule has 0 heterocycles. The summed E-state index contributed by atoms with van der Waals surface area (Å²) in [5, 5.41) is 0. The summed E-state index contributed by atoms with van der Waals surface area (Å²) < 4.78 is 33.4. The normalized spacial score (nSPS) is 12.5. The summed E-state index contributed by atoms with van der Waals surface area (Å²) in [6.45, 7) is 6.05. The summed E-state index contributed by atoms with van der Waals surface area (Å²) >= 11 is 0. The van der Waals surface area contributed by atoms with Crippen LogP contribution in [0, 0.1) is 5.41 Å². The SMILES string of the molecule is CC(C)(C)C(=O)CCCCCCCCCCCCCCCOS(=O)(=O)O. The summed E-state index contributed by atoms with van der Waals surface area (Å²) in [7, 11) is -4.27. The smallest absolute Gasteiger partial charge is 0.299 e. The van der Waals surface area contributed by atoms with Gasteiger partial charge in [-0.2, -0.15) is 8.42 Å². The first-order valence-electron chi connectivity index (χ1n) is 10.3. The standard InChI is InChI=1S/C20H40O5S/c1-20(2,3)19(21)17-15-13-11-9-7-5-4-6-8-10-12-14-16-18-25-26(22,23)24/h4-18H2,1-3H3,(H,22,23,24). The molecule has 0 amide bonds. The highest BCUT2D eigenvalue weighted by Crippen LogP contribution is 2.19. The number of hydrogen-bond donors (Lipinski definition) is 1. The first kappa shape index (κ1) is 25.5. The maximum atomic E-state index is 11.8. The molecule has 0 unspecified atom stereocenters. The molecule has 0 aromatic heterocycles. The molecular weight excluding hydrogens is 352 g/mol. The van der Waals surface area contributed by atoms with Crippen molar-refractivity contribution < 1.29 is 21.9 Å². The van der Waals surface area contributed by atoms with Gasteiger partial charge in [0.1, 0.15) is 5.78 Å². The molecule has 0 spiro atoms. The number of rotatable bonds is 17. The molecule has 0 fully saturated rings. The van der Waals surface area contributed by atoms with E-state index in [0.29, 0.717) is 12.2 Å². The van der Waals surface area contributed by atoms with E-state index in [1.165, 1.54) is 57.8 Å². The summed E-state index contributed by atoms with van der Waals surface area (Å²) in [5.74, 6) is 0.378. The molecule has 1 N–H and O–H groups in total. The minimum atomic E-state index is -4.27. The Morgan fingerprint density at radius 1 is 0.731 bits per heavy atom. The van der Waals surface area contributed by atoms with Crippen LogP contribution in [-0.4, -0.2) is 25.4 Å². The van der Waals surface area contributed by atoms with Gasteiger partial charge in [0.2, 0.25) is 0 Å². The van der Waals surface area contributed by atoms with Gasteiger partial charge in [-0.05, 0) is 12.8 Å². The van der Waals surface area contributed by atoms with Crippen molar-refractivity contribution in [1.29, 1.82) is 0 Å². The van der Waals surface area contributed by atoms with Crippen LogP contribution in [0.2, 0.25) is 0 Å². The van der Waals surface area contributed by atoms with Crippen molar-refractivity contribution in [2.24, 2.45) is 5.41 Å². The number of carbonyl (C=O) groups excluding carboxylic acids is 1. The van der Waals surface area contributed by atoms with Crippen molar-refractivity contribution in [2.45, 2.75) is 111 Å². The first-order chi connectivity index (χ1) is 12.1. The van der Waals surface area contributed by atoms with E-state index in [-0.39, 0.29) is 12.0 Å². The van der Waals surface area contributed by atoms with Crippen LogP contribution in [0.4, 0.5) is 0 Å². The minimum absolute atomic E-state index is 0.0726. The molecule has 0 aromatic rings. The van der Waals surface area contributed by atoms with E-state index in [4.69, 9.17) is 4.55 Å². The molecular formula is C20H40O5S. The van der Waals surface area contributed by atoms with Crippen LogP contribution in [0.15, 0.2) is 0 Å². The zero-order chi connectivity index (χ0) is 19.9. The van der Waals surface area contributed by atoms with Crippen LogP contribution in [0.5, 0.6) is 0 Å². The van der Waals surface area contributed by atoms with Crippen LogP contribution < -0.4 is 0 Å². The predicted octanol–water partition coefficient (Wildman–Crippen LogP) is 5.88. The second kappa shape index (κ2) is 14.6. The van der Waals surface area contributed by atoms with E-state index in [0.717, 1.165) is 25.7 Å². The average Bonchev–Trinajstić information content (AvgIpc) is 2.52. The lowest BCUT2D eigenvalue weighted by atomic mass is 9.88.